The first kappa shape index (κ1) is 12.9. The third kappa shape index (κ3) is 4.66. The fourth-order valence-corrected chi connectivity index (χ4v) is 2.58. The van der Waals surface area contributed by atoms with Crippen LogP contribution in [-0.2, 0) is 0 Å². The van der Waals surface area contributed by atoms with E-state index < -0.39 is 0 Å². The average molecular weight is 301 g/mol. The van der Waals surface area contributed by atoms with Crippen molar-refractivity contribution in [3.05, 3.63) is 28.7 Å². The molecule has 1 aromatic rings. The van der Waals surface area contributed by atoms with Gasteiger partial charge in [-0.25, -0.2) is 0 Å². The molecule has 0 amide bonds. The van der Waals surface area contributed by atoms with Crippen LogP contribution in [-0.4, -0.2) is 39.3 Å². The van der Waals surface area contributed by atoms with Crippen LogP contribution in [0.15, 0.2) is 28.7 Å². The molecule has 0 aliphatic carbocycles. The highest BCUT2D eigenvalue weighted by atomic mass is 79.9. The third-order valence-corrected chi connectivity index (χ3v) is 3.64. The average Bonchev–Trinajstić information content (AvgIpc) is 2.36. The van der Waals surface area contributed by atoms with Crippen LogP contribution in [0.1, 0.15) is 6.42 Å². The maximum Gasteiger partial charge on any atom is 0.127 e. The van der Waals surface area contributed by atoms with Crippen molar-refractivity contribution in [2.75, 3.05) is 39.3 Å². The van der Waals surface area contributed by atoms with E-state index in [1.54, 1.807) is 4.90 Å². The van der Waals surface area contributed by atoms with Gasteiger partial charge in [-0.3, -0.25) is 0 Å². The van der Waals surface area contributed by atoms with Crippen molar-refractivity contribution in [1.29, 1.82) is 0 Å². The summed E-state index contributed by atoms with van der Waals surface area (Å²) in [6, 6.07) is 8.04. The lowest BCUT2D eigenvalue weighted by Gasteiger charge is -2.22. The lowest BCUT2D eigenvalue weighted by Crippen LogP contribution is -3.20. The Kier molecular flexibility index (Phi) is 5.29. The highest BCUT2D eigenvalue weighted by Gasteiger charge is 2.14. The first-order chi connectivity index (χ1) is 8.34. The molecular formula is C13H21BrN2O+2. The zero-order valence-corrected chi connectivity index (χ0v) is 11.7. The number of quaternary nitrogens is 2. The van der Waals surface area contributed by atoms with E-state index in [1.807, 2.05) is 24.3 Å². The third-order valence-electron chi connectivity index (χ3n) is 3.14. The Hall–Kier alpha value is -0.580. The SMILES string of the molecule is Brc1cccc(OCCC[NH+]2CC[NH2+]CC2)c1. The summed E-state index contributed by atoms with van der Waals surface area (Å²) in [6.07, 6.45) is 1.14. The van der Waals surface area contributed by atoms with Crippen LogP contribution in [0.3, 0.4) is 0 Å². The molecule has 1 aliphatic heterocycles. The summed E-state index contributed by atoms with van der Waals surface area (Å²) in [5, 5.41) is 2.40. The van der Waals surface area contributed by atoms with E-state index in [1.165, 1.54) is 32.7 Å². The number of nitrogens with two attached hydrogens (primary N) is 1. The van der Waals surface area contributed by atoms with Crippen LogP contribution in [0.25, 0.3) is 0 Å². The van der Waals surface area contributed by atoms with Crippen molar-refractivity contribution in [1.82, 2.24) is 0 Å². The smallest absolute Gasteiger partial charge is 0.127 e. The van der Waals surface area contributed by atoms with Gasteiger partial charge in [0.1, 0.15) is 31.9 Å². The summed E-state index contributed by atoms with van der Waals surface area (Å²) in [6.45, 7) is 7.23. The predicted molar refractivity (Wildman–Crippen MR) is 71.5 cm³/mol. The van der Waals surface area contributed by atoms with E-state index >= 15 is 0 Å². The molecular weight excluding hydrogens is 280 g/mol. The van der Waals surface area contributed by atoms with Gasteiger partial charge in [-0.15, -0.1) is 0 Å². The topological polar surface area (TPSA) is 30.3 Å². The monoisotopic (exact) mass is 300 g/mol. The molecule has 94 valence electrons. The van der Waals surface area contributed by atoms with Crippen molar-refractivity contribution in [3.8, 4) is 5.75 Å². The number of rotatable bonds is 5. The van der Waals surface area contributed by atoms with E-state index in [-0.39, 0.29) is 0 Å². The summed E-state index contributed by atoms with van der Waals surface area (Å²) in [5.74, 6) is 0.960. The molecule has 0 atom stereocenters. The highest BCUT2D eigenvalue weighted by molar-refractivity contribution is 9.10. The summed E-state index contributed by atoms with van der Waals surface area (Å²) in [4.78, 5) is 1.73. The Labute approximate surface area is 111 Å². The number of piperazine rings is 1. The number of hydrogen-bond acceptors (Lipinski definition) is 1. The van der Waals surface area contributed by atoms with E-state index in [2.05, 4.69) is 21.2 Å². The molecule has 0 unspecified atom stereocenters. The van der Waals surface area contributed by atoms with Gasteiger partial charge < -0.3 is 15.0 Å². The Morgan fingerprint density at radius 1 is 1.29 bits per heavy atom. The van der Waals surface area contributed by atoms with Gasteiger partial charge in [-0.2, -0.15) is 0 Å². The summed E-state index contributed by atoms with van der Waals surface area (Å²) in [5.41, 5.74) is 0. The Balaban J connectivity index is 1.62. The van der Waals surface area contributed by atoms with E-state index in [0.717, 1.165) is 23.2 Å². The van der Waals surface area contributed by atoms with E-state index in [4.69, 9.17) is 4.74 Å². The predicted octanol–water partition coefficient (Wildman–Crippen LogP) is -0.320. The molecule has 0 radical (unpaired) electrons. The van der Waals surface area contributed by atoms with Crippen LogP contribution in [0, 0.1) is 0 Å². The molecule has 3 nitrogen and oxygen atoms in total. The molecule has 1 aromatic carbocycles. The summed E-state index contributed by atoms with van der Waals surface area (Å²) < 4.78 is 6.80. The Morgan fingerprint density at radius 2 is 2.12 bits per heavy atom. The zero-order valence-electron chi connectivity index (χ0n) is 10.1. The van der Waals surface area contributed by atoms with Gasteiger partial charge >= 0.3 is 0 Å². The fraction of sp³-hybridized carbons (Fsp3) is 0.538. The quantitative estimate of drug-likeness (QED) is 0.718. The molecule has 3 N–H and O–H groups in total. The van der Waals surface area contributed by atoms with E-state index in [0.29, 0.717) is 0 Å². The maximum absolute atomic E-state index is 5.73. The molecule has 17 heavy (non-hydrogen) atoms. The molecule has 4 heteroatoms. The highest BCUT2D eigenvalue weighted by Crippen LogP contribution is 2.17. The number of ether oxygens (including phenoxy) is 1. The van der Waals surface area contributed by atoms with Crippen LogP contribution < -0.4 is 15.0 Å². The first-order valence-electron chi connectivity index (χ1n) is 6.38. The van der Waals surface area contributed by atoms with Gasteiger partial charge in [0.15, 0.2) is 0 Å². The van der Waals surface area contributed by atoms with Gasteiger partial charge in [0.05, 0.1) is 13.2 Å². The lowest BCUT2D eigenvalue weighted by atomic mass is 10.3. The van der Waals surface area contributed by atoms with Crippen molar-refractivity contribution in [2.45, 2.75) is 6.42 Å². The van der Waals surface area contributed by atoms with Crippen LogP contribution in [0.4, 0.5) is 0 Å². The minimum Gasteiger partial charge on any atom is -0.493 e. The summed E-state index contributed by atoms with van der Waals surface area (Å²) in [7, 11) is 0. The van der Waals surface area contributed by atoms with Crippen LogP contribution in [0.5, 0.6) is 5.75 Å². The van der Waals surface area contributed by atoms with E-state index in [9.17, 15) is 0 Å². The summed E-state index contributed by atoms with van der Waals surface area (Å²) >= 11 is 3.45. The van der Waals surface area contributed by atoms with Gasteiger partial charge in [0, 0.05) is 10.9 Å². The van der Waals surface area contributed by atoms with Crippen molar-refractivity contribution >= 4 is 15.9 Å². The molecule has 1 fully saturated rings. The number of nitrogens with one attached hydrogen (secondary N) is 1. The number of benzene rings is 1. The fourth-order valence-electron chi connectivity index (χ4n) is 2.20. The number of halogens is 1. The zero-order chi connectivity index (χ0) is 11.9. The van der Waals surface area contributed by atoms with Crippen LogP contribution >= 0.6 is 15.9 Å². The second-order valence-electron chi connectivity index (χ2n) is 4.53. The maximum atomic E-state index is 5.73. The molecule has 1 saturated heterocycles. The van der Waals surface area contributed by atoms with Gasteiger partial charge in [-0.05, 0) is 18.2 Å². The number of hydrogen-bond donors (Lipinski definition) is 2. The molecule has 0 saturated carbocycles. The van der Waals surface area contributed by atoms with Gasteiger partial charge in [0.2, 0.25) is 0 Å². The van der Waals surface area contributed by atoms with Crippen LogP contribution in [0.2, 0.25) is 0 Å². The Morgan fingerprint density at radius 3 is 2.88 bits per heavy atom. The second kappa shape index (κ2) is 6.99. The molecule has 1 aliphatic rings. The largest absolute Gasteiger partial charge is 0.493 e. The molecule has 1 heterocycles. The standard InChI is InChI=1S/C13H19BrN2O/c14-12-3-1-4-13(11-12)17-10-2-7-16-8-5-15-6-9-16/h1,3-4,11,15H,2,5-10H2/p+2. The normalized spacial score (nSPS) is 17.0. The van der Waals surface area contributed by atoms with Crippen molar-refractivity contribution in [2.24, 2.45) is 0 Å². The minimum atomic E-state index is 0.823. The van der Waals surface area contributed by atoms with Crippen molar-refractivity contribution < 1.29 is 15.0 Å². The molecule has 0 aromatic heterocycles. The van der Waals surface area contributed by atoms with Crippen molar-refractivity contribution in [3.63, 3.8) is 0 Å². The minimum absolute atomic E-state index is 0.823. The molecule has 0 bridgehead atoms. The van der Waals surface area contributed by atoms with Gasteiger partial charge in [0.25, 0.3) is 0 Å². The Bertz CT molecular complexity index is 340. The second-order valence-corrected chi connectivity index (χ2v) is 5.44. The van der Waals surface area contributed by atoms with Gasteiger partial charge in [-0.1, -0.05) is 22.0 Å². The lowest BCUT2D eigenvalue weighted by molar-refractivity contribution is -0.946. The molecule has 0 spiro atoms. The first-order valence-corrected chi connectivity index (χ1v) is 7.17. The molecule has 2 rings (SSSR count).